The van der Waals surface area contributed by atoms with Crippen LogP contribution in [0.2, 0.25) is 0 Å². The highest BCUT2D eigenvalue weighted by Gasteiger charge is 2.23. The van der Waals surface area contributed by atoms with Crippen LogP contribution in [-0.4, -0.2) is 26.3 Å². The number of aryl methyl sites for hydroxylation is 3. The maximum atomic E-state index is 13.8. The molecule has 0 N–H and O–H groups in total. The zero-order valence-corrected chi connectivity index (χ0v) is 19.7. The zero-order valence-electron chi connectivity index (χ0n) is 18.1. The second-order valence-electron chi connectivity index (χ2n) is 7.60. The highest BCUT2D eigenvalue weighted by Crippen LogP contribution is 2.35. The number of benzene rings is 1. The molecule has 0 atom stereocenters. The van der Waals surface area contributed by atoms with E-state index in [2.05, 4.69) is 10.1 Å². The van der Waals surface area contributed by atoms with E-state index in [1.54, 1.807) is 15.9 Å². The second-order valence-corrected chi connectivity index (χ2v) is 9.63. The van der Waals surface area contributed by atoms with E-state index in [-0.39, 0.29) is 5.56 Å². The van der Waals surface area contributed by atoms with E-state index in [0.29, 0.717) is 29.2 Å². The maximum absolute atomic E-state index is 13.8. The summed E-state index contributed by atoms with van der Waals surface area (Å²) in [4.78, 5) is 25.3. The van der Waals surface area contributed by atoms with Crippen LogP contribution in [0.5, 0.6) is 5.75 Å². The van der Waals surface area contributed by atoms with Crippen LogP contribution in [0.1, 0.15) is 48.8 Å². The van der Waals surface area contributed by atoms with Gasteiger partial charge in [-0.3, -0.25) is 9.36 Å². The highest BCUT2D eigenvalue weighted by molar-refractivity contribution is 7.98. The van der Waals surface area contributed by atoms with Gasteiger partial charge < -0.3 is 9.26 Å². The van der Waals surface area contributed by atoms with Crippen molar-refractivity contribution in [2.24, 2.45) is 0 Å². The molecule has 0 saturated heterocycles. The summed E-state index contributed by atoms with van der Waals surface area (Å²) >= 11 is 3.10. The molecule has 1 aliphatic carbocycles. The van der Waals surface area contributed by atoms with Crippen LogP contribution in [0.25, 0.3) is 15.9 Å². The molecule has 3 heterocycles. The topological polar surface area (TPSA) is 83.0 Å². The van der Waals surface area contributed by atoms with E-state index in [1.165, 1.54) is 28.6 Å². The molecule has 32 heavy (non-hydrogen) atoms. The van der Waals surface area contributed by atoms with Crippen molar-refractivity contribution in [3.63, 3.8) is 0 Å². The van der Waals surface area contributed by atoms with E-state index in [9.17, 15) is 4.79 Å². The van der Waals surface area contributed by atoms with Gasteiger partial charge in [-0.25, -0.2) is 4.98 Å². The zero-order chi connectivity index (χ0) is 22.1. The highest BCUT2D eigenvalue weighted by atomic mass is 32.2. The van der Waals surface area contributed by atoms with Crippen molar-refractivity contribution in [1.82, 2.24) is 19.7 Å². The van der Waals surface area contributed by atoms with Crippen molar-refractivity contribution in [1.29, 1.82) is 0 Å². The van der Waals surface area contributed by atoms with Gasteiger partial charge in [0.15, 0.2) is 11.0 Å². The fourth-order valence-corrected chi connectivity index (χ4v) is 6.14. The van der Waals surface area contributed by atoms with E-state index in [1.807, 2.05) is 38.1 Å². The van der Waals surface area contributed by atoms with E-state index < -0.39 is 0 Å². The number of thiophene rings is 1. The lowest BCUT2D eigenvalue weighted by atomic mass is 9.97. The summed E-state index contributed by atoms with van der Waals surface area (Å²) in [5, 5.41) is 5.36. The fourth-order valence-electron chi connectivity index (χ4n) is 3.99. The van der Waals surface area contributed by atoms with Crippen LogP contribution in [0.4, 0.5) is 0 Å². The number of rotatable bonds is 7. The van der Waals surface area contributed by atoms with E-state index in [0.717, 1.165) is 47.3 Å². The number of nitrogens with zero attached hydrogens (tertiary/aromatic N) is 4. The third-order valence-electron chi connectivity index (χ3n) is 5.52. The van der Waals surface area contributed by atoms with Gasteiger partial charge in [-0.2, -0.15) is 4.98 Å². The second kappa shape index (κ2) is 9.07. The van der Waals surface area contributed by atoms with Gasteiger partial charge in [-0.15, -0.1) is 11.3 Å². The summed E-state index contributed by atoms with van der Waals surface area (Å²) in [5.41, 5.74) is 1.95. The number of ether oxygens (including phenoxy) is 1. The molecule has 166 valence electrons. The third kappa shape index (κ3) is 3.95. The molecule has 1 aromatic carbocycles. The normalized spacial score (nSPS) is 13.4. The first-order valence-corrected chi connectivity index (χ1v) is 12.7. The van der Waals surface area contributed by atoms with Gasteiger partial charge in [-0.05, 0) is 62.4 Å². The van der Waals surface area contributed by atoms with Gasteiger partial charge in [0.25, 0.3) is 5.56 Å². The minimum Gasteiger partial charge on any atom is -0.494 e. The predicted molar refractivity (Wildman–Crippen MR) is 126 cm³/mol. The molecular formula is C23H24N4O3S2. The van der Waals surface area contributed by atoms with Gasteiger partial charge in [0.1, 0.15) is 10.6 Å². The molecule has 0 spiro atoms. The summed E-state index contributed by atoms with van der Waals surface area (Å²) in [6, 6.07) is 7.59. The summed E-state index contributed by atoms with van der Waals surface area (Å²) < 4.78 is 12.6. The molecule has 0 unspecified atom stereocenters. The largest absolute Gasteiger partial charge is 0.494 e. The molecule has 5 rings (SSSR count). The molecule has 3 aromatic heterocycles. The van der Waals surface area contributed by atoms with Gasteiger partial charge in [0, 0.05) is 11.3 Å². The Morgan fingerprint density at radius 3 is 2.72 bits per heavy atom. The Balaban J connectivity index is 1.61. The smallest absolute Gasteiger partial charge is 0.267 e. The molecular weight excluding hydrogens is 444 g/mol. The number of thioether (sulfide) groups is 1. The van der Waals surface area contributed by atoms with Gasteiger partial charge in [-0.1, -0.05) is 23.8 Å². The number of aromatic nitrogens is 4. The lowest BCUT2D eigenvalue weighted by Gasteiger charge is -2.13. The lowest BCUT2D eigenvalue weighted by molar-refractivity contribution is 0.340. The summed E-state index contributed by atoms with van der Waals surface area (Å²) in [5.74, 6) is 2.44. The Morgan fingerprint density at radius 1 is 1.16 bits per heavy atom. The predicted octanol–water partition coefficient (Wildman–Crippen LogP) is 4.96. The van der Waals surface area contributed by atoms with E-state index in [4.69, 9.17) is 14.2 Å². The van der Waals surface area contributed by atoms with Crippen LogP contribution in [-0.2, 0) is 25.0 Å². The van der Waals surface area contributed by atoms with Crippen LogP contribution in [0.15, 0.2) is 38.7 Å². The first-order valence-electron chi connectivity index (χ1n) is 10.9. The Labute approximate surface area is 193 Å². The SMILES string of the molecule is CCOc1ccc(-n2c(SCc3nc(CC)no3)nc3sc4c(c3c2=O)CCCC4)cc1. The molecule has 4 aromatic rings. The molecule has 0 saturated carbocycles. The van der Waals surface area contributed by atoms with Gasteiger partial charge in [0.05, 0.1) is 23.4 Å². The Kier molecular flexibility index (Phi) is 6.01. The molecule has 0 radical (unpaired) electrons. The Morgan fingerprint density at radius 2 is 1.97 bits per heavy atom. The van der Waals surface area contributed by atoms with Crippen molar-refractivity contribution < 1.29 is 9.26 Å². The van der Waals surface area contributed by atoms with Crippen molar-refractivity contribution in [2.45, 2.75) is 56.9 Å². The molecule has 1 aliphatic rings. The van der Waals surface area contributed by atoms with Gasteiger partial charge >= 0.3 is 0 Å². The summed E-state index contributed by atoms with van der Waals surface area (Å²) in [7, 11) is 0. The van der Waals surface area contributed by atoms with Crippen molar-refractivity contribution >= 4 is 33.3 Å². The van der Waals surface area contributed by atoms with Gasteiger partial charge in [0.2, 0.25) is 5.89 Å². The van der Waals surface area contributed by atoms with Crippen molar-refractivity contribution in [3.8, 4) is 11.4 Å². The van der Waals surface area contributed by atoms with Crippen molar-refractivity contribution in [2.75, 3.05) is 6.61 Å². The number of fused-ring (bicyclic) bond motifs is 3. The fraction of sp³-hybridized carbons (Fsp3) is 0.391. The molecule has 0 amide bonds. The Bertz CT molecular complexity index is 1310. The quantitative estimate of drug-likeness (QED) is 0.280. The first kappa shape index (κ1) is 21.2. The lowest BCUT2D eigenvalue weighted by Crippen LogP contribution is -2.22. The average Bonchev–Trinajstić information content (AvgIpc) is 3.43. The number of hydrogen-bond donors (Lipinski definition) is 0. The molecule has 9 heteroatoms. The summed E-state index contributed by atoms with van der Waals surface area (Å²) in [6.07, 6.45) is 4.99. The standard InChI is InChI=1S/C23H24N4O3S2/c1-3-18-24-19(30-26-18)13-31-23-25-21-20(16-7-5-6-8-17(16)32-21)22(28)27(23)14-9-11-15(12-10-14)29-4-2/h9-12H,3-8,13H2,1-2H3. The third-order valence-corrected chi connectivity index (χ3v) is 7.62. The van der Waals surface area contributed by atoms with E-state index >= 15 is 0 Å². The summed E-state index contributed by atoms with van der Waals surface area (Å²) in [6.45, 7) is 4.53. The molecule has 7 nitrogen and oxygen atoms in total. The van der Waals surface area contributed by atoms with Crippen LogP contribution in [0, 0.1) is 0 Å². The van der Waals surface area contributed by atoms with Crippen LogP contribution < -0.4 is 10.3 Å². The minimum atomic E-state index is -0.0131. The Hall–Kier alpha value is -2.65. The molecule has 0 fully saturated rings. The first-order chi connectivity index (χ1) is 15.7. The number of hydrogen-bond acceptors (Lipinski definition) is 8. The maximum Gasteiger partial charge on any atom is 0.267 e. The minimum absolute atomic E-state index is 0.0131. The monoisotopic (exact) mass is 468 g/mol. The van der Waals surface area contributed by atoms with Crippen LogP contribution in [0.3, 0.4) is 0 Å². The van der Waals surface area contributed by atoms with Crippen molar-refractivity contribution in [3.05, 3.63) is 56.8 Å². The molecule has 0 aliphatic heterocycles. The average molecular weight is 469 g/mol. The molecule has 0 bridgehead atoms. The van der Waals surface area contributed by atoms with Crippen LogP contribution >= 0.6 is 23.1 Å².